The number of carbonyl (C=O) groups excluding carboxylic acids is 1. The number of rotatable bonds is 37. The SMILES string of the molecule is CCCCCCCCCCCCCCCCC(O)C(COC1OC(CO)C(O)C(OS(=O)(=O)O)C1O)NC(=O)CCCCCCCCCCCCCCC. The van der Waals surface area contributed by atoms with Crippen LogP contribution in [0.5, 0.6) is 0 Å². The van der Waals surface area contributed by atoms with Crippen LogP contribution in [0, 0.1) is 0 Å². The van der Waals surface area contributed by atoms with E-state index in [0.29, 0.717) is 12.8 Å². The number of aliphatic hydroxyl groups excluding tert-OH is 4. The summed E-state index contributed by atoms with van der Waals surface area (Å²) in [4.78, 5) is 13.0. The molecule has 6 N–H and O–H groups in total. The van der Waals surface area contributed by atoms with Gasteiger partial charge in [-0.25, -0.2) is 4.18 Å². The van der Waals surface area contributed by atoms with E-state index in [1.807, 2.05) is 0 Å². The minimum Gasteiger partial charge on any atom is -0.394 e. The lowest BCUT2D eigenvalue weighted by atomic mass is 9.99. The molecule has 12 nitrogen and oxygen atoms in total. The van der Waals surface area contributed by atoms with Crippen molar-refractivity contribution in [1.29, 1.82) is 0 Å². The van der Waals surface area contributed by atoms with E-state index >= 15 is 0 Å². The van der Waals surface area contributed by atoms with Crippen molar-refractivity contribution in [2.45, 2.75) is 243 Å². The van der Waals surface area contributed by atoms with Crippen LogP contribution in [0.4, 0.5) is 0 Å². The maximum atomic E-state index is 13.0. The molecule has 1 aliphatic rings. The highest BCUT2D eigenvalue weighted by molar-refractivity contribution is 7.80. The second-order valence-corrected chi connectivity index (χ2v) is 16.7. The predicted octanol–water partition coefficient (Wildman–Crippen LogP) is 7.83. The molecule has 0 aromatic rings. The summed E-state index contributed by atoms with van der Waals surface area (Å²) >= 11 is 0. The zero-order valence-electron chi connectivity index (χ0n) is 34.1. The molecule has 7 unspecified atom stereocenters. The molecule has 0 spiro atoms. The Morgan fingerprint density at radius 2 is 1.07 bits per heavy atom. The Morgan fingerprint density at radius 1 is 0.667 bits per heavy atom. The topological polar surface area (TPSA) is 192 Å². The lowest BCUT2D eigenvalue weighted by molar-refractivity contribution is -0.298. The van der Waals surface area contributed by atoms with E-state index < -0.39 is 59.9 Å². The summed E-state index contributed by atoms with van der Waals surface area (Å²) in [6.07, 6.45) is 23.9. The van der Waals surface area contributed by atoms with Crippen molar-refractivity contribution in [1.82, 2.24) is 5.32 Å². The summed E-state index contributed by atoms with van der Waals surface area (Å²) in [6.45, 7) is 3.44. The Bertz CT molecular complexity index is 988. The van der Waals surface area contributed by atoms with Crippen LogP contribution in [0.2, 0.25) is 0 Å². The molecule has 13 heteroatoms. The van der Waals surface area contributed by atoms with E-state index in [2.05, 4.69) is 23.3 Å². The number of hydrogen-bond donors (Lipinski definition) is 6. The van der Waals surface area contributed by atoms with Crippen LogP contribution < -0.4 is 5.32 Å². The maximum Gasteiger partial charge on any atom is 0.397 e. The van der Waals surface area contributed by atoms with E-state index in [9.17, 15) is 33.6 Å². The molecule has 0 aromatic carbocycles. The molecule has 1 saturated heterocycles. The Kier molecular flexibility index (Phi) is 31.3. The van der Waals surface area contributed by atoms with Gasteiger partial charge in [-0.3, -0.25) is 9.35 Å². The first-order chi connectivity index (χ1) is 26.0. The van der Waals surface area contributed by atoms with Crippen molar-refractivity contribution in [3.8, 4) is 0 Å². The molecular weight excluding hydrogens is 715 g/mol. The second kappa shape index (κ2) is 33.1. The third-order valence-corrected chi connectivity index (χ3v) is 11.1. The van der Waals surface area contributed by atoms with Crippen LogP contribution in [-0.2, 0) is 28.9 Å². The molecule has 1 fully saturated rings. The van der Waals surface area contributed by atoms with Gasteiger partial charge in [0, 0.05) is 6.42 Å². The van der Waals surface area contributed by atoms with Crippen molar-refractivity contribution in [3.05, 3.63) is 0 Å². The van der Waals surface area contributed by atoms with Crippen LogP contribution in [0.1, 0.15) is 200 Å². The molecule has 0 bridgehead atoms. The number of hydrogen-bond acceptors (Lipinski definition) is 10. The highest BCUT2D eigenvalue weighted by Gasteiger charge is 2.48. The minimum atomic E-state index is -5.07. The highest BCUT2D eigenvalue weighted by Crippen LogP contribution is 2.26. The van der Waals surface area contributed by atoms with Gasteiger partial charge < -0.3 is 35.2 Å². The van der Waals surface area contributed by atoms with Crippen LogP contribution in [0.15, 0.2) is 0 Å². The summed E-state index contributed by atoms with van der Waals surface area (Å²) in [5, 5.41) is 44.7. The molecule has 1 amide bonds. The molecule has 0 aromatic heterocycles. The summed E-state index contributed by atoms with van der Waals surface area (Å²) in [5.74, 6) is -0.229. The van der Waals surface area contributed by atoms with Gasteiger partial charge in [0.1, 0.15) is 24.4 Å². The zero-order chi connectivity index (χ0) is 39.9. The van der Waals surface area contributed by atoms with Crippen LogP contribution in [-0.4, -0.2) is 95.4 Å². The smallest absolute Gasteiger partial charge is 0.394 e. The molecule has 0 saturated carbocycles. The van der Waals surface area contributed by atoms with Crippen molar-refractivity contribution in [2.75, 3.05) is 13.2 Å². The van der Waals surface area contributed by atoms with Crippen LogP contribution in [0.25, 0.3) is 0 Å². The standard InChI is InChI=1S/C41H81NO11S/c1-3-5-7-9-11-13-15-17-19-20-22-24-26-28-30-35(44)34(33-51-41-39(47)40(53-54(48,49)50)38(46)36(32-43)52-41)42-37(45)31-29-27-25-23-21-18-16-14-12-10-8-6-4-2/h34-36,38-41,43-44,46-47H,3-33H2,1-2H3,(H,42,45)(H,48,49,50). The number of carbonyl (C=O) groups is 1. The first-order valence-electron chi connectivity index (χ1n) is 21.9. The highest BCUT2D eigenvalue weighted by atomic mass is 32.3. The first kappa shape index (κ1) is 51.1. The van der Waals surface area contributed by atoms with E-state index in [0.717, 1.165) is 51.4 Å². The lowest BCUT2D eigenvalue weighted by Gasteiger charge is -2.41. The third-order valence-electron chi connectivity index (χ3n) is 10.7. The van der Waals surface area contributed by atoms with E-state index in [4.69, 9.17) is 14.0 Å². The largest absolute Gasteiger partial charge is 0.397 e. The summed E-state index contributed by atoms with van der Waals surface area (Å²) in [7, 11) is -5.07. The summed E-state index contributed by atoms with van der Waals surface area (Å²) in [6, 6.07) is -0.849. The van der Waals surface area contributed by atoms with Gasteiger partial charge in [0.05, 0.1) is 25.4 Å². The molecule has 0 radical (unpaired) electrons. The predicted molar refractivity (Wildman–Crippen MR) is 213 cm³/mol. The second-order valence-electron chi connectivity index (χ2n) is 15.6. The molecule has 54 heavy (non-hydrogen) atoms. The van der Waals surface area contributed by atoms with Gasteiger partial charge in [-0.15, -0.1) is 0 Å². The average Bonchev–Trinajstić information content (AvgIpc) is 3.14. The molecular formula is C41H81NO11S. The van der Waals surface area contributed by atoms with E-state index in [-0.39, 0.29) is 12.5 Å². The lowest BCUT2D eigenvalue weighted by Crippen LogP contribution is -2.61. The van der Waals surface area contributed by atoms with Gasteiger partial charge in [0.15, 0.2) is 6.29 Å². The molecule has 1 aliphatic heterocycles. The third kappa shape index (κ3) is 26.1. The van der Waals surface area contributed by atoms with Crippen molar-refractivity contribution >= 4 is 16.3 Å². The summed E-state index contributed by atoms with van der Waals surface area (Å²) < 4.78 is 47.5. The Balaban J connectivity index is 2.53. The van der Waals surface area contributed by atoms with Gasteiger partial charge in [-0.1, -0.05) is 181 Å². The Hall–Kier alpha value is -0.900. The van der Waals surface area contributed by atoms with Crippen LogP contribution >= 0.6 is 0 Å². The van der Waals surface area contributed by atoms with Crippen molar-refractivity contribution < 1.29 is 51.8 Å². The molecule has 1 heterocycles. The monoisotopic (exact) mass is 796 g/mol. The van der Waals surface area contributed by atoms with Gasteiger partial charge >= 0.3 is 10.4 Å². The van der Waals surface area contributed by atoms with Gasteiger partial charge in [-0.2, -0.15) is 8.42 Å². The molecule has 0 aliphatic carbocycles. The zero-order valence-corrected chi connectivity index (χ0v) is 34.9. The molecule has 1 rings (SSSR count). The maximum absolute atomic E-state index is 13.0. The molecule has 7 atom stereocenters. The number of aliphatic hydroxyl groups is 4. The number of unbranched alkanes of at least 4 members (excludes halogenated alkanes) is 25. The van der Waals surface area contributed by atoms with Crippen molar-refractivity contribution in [3.63, 3.8) is 0 Å². The van der Waals surface area contributed by atoms with Gasteiger partial charge in [0.25, 0.3) is 0 Å². The summed E-state index contributed by atoms with van der Waals surface area (Å²) in [5.41, 5.74) is 0. The fraction of sp³-hybridized carbons (Fsp3) is 0.976. The Morgan fingerprint density at radius 3 is 1.48 bits per heavy atom. The van der Waals surface area contributed by atoms with E-state index in [1.165, 1.54) is 122 Å². The minimum absolute atomic E-state index is 0.229. The van der Waals surface area contributed by atoms with Crippen molar-refractivity contribution in [2.24, 2.45) is 0 Å². The van der Waals surface area contributed by atoms with Crippen LogP contribution in [0.3, 0.4) is 0 Å². The molecule has 322 valence electrons. The fourth-order valence-corrected chi connectivity index (χ4v) is 7.73. The quantitative estimate of drug-likeness (QED) is 0.0265. The number of amides is 1. The first-order valence-corrected chi connectivity index (χ1v) is 23.3. The normalized spacial score (nSPS) is 21.6. The number of ether oxygens (including phenoxy) is 2. The van der Waals surface area contributed by atoms with Gasteiger partial charge in [-0.05, 0) is 12.8 Å². The average molecular weight is 796 g/mol. The Labute approximate surface area is 328 Å². The fourth-order valence-electron chi connectivity index (χ4n) is 7.22. The number of nitrogens with one attached hydrogen (secondary N) is 1. The van der Waals surface area contributed by atoms with Gasteiger partial charge in [0.2, 0.25) is 5.91 Å². The van der Waals surface area contributed by atoms with E-state index in [1.54, 1.807) is 0 Å².